The summed E-state index contributed by atoms with van der Waals surface area (Å²) in [7, 11) is 0. The molecule has 1 aliphatic rings. The Balaban J connectivity index is 2.36. The third-order valence-corrected chi connectivity index (χ3v) is 1.24. The number of hydrogen-bond acceptors (Lipinski definition) is 1. The highest BCUT2D eigenvalue weighted by Crippen LogP contribution is 2.09. The Hall–Kier alpha value is -0.820. The van der Waals surface area contributed by atoms with Crippen LogP contribution in [0.5, 0.6) is 0 Å². The molecule has 0 saturated carbocycles. The molecular formula is C8H10O. The van der Waals surface area contributed by atoms with E-state index in [9.17, 15) is 0 Å². The molecule has 0 amide bonds. The average molecular weight is 122 g/mol. The Bertz CT molecular complexity index is 142. The normalized spacial score (nSPS) is 18.3. The lowest BCUT2D eigenvalue weighted by Crippen LogP contribution is -1.81. The van der Waals surface area contributed by atoms with Gasteiger partial charge in [0.2, 0.25) is 0 Å². The first-order chi connectivity index (χ1) is 4.43. The van der Waals surface area contributed by atoms with Crippen molar-refractivity contribution in [2.75, 3.05) is 6.61 Å². The van der Waals surface area contributed by atoms with Crippen molar-refractivity contribution in [1.29, 1.82) is 0 Å². The van der Waals surface area contributed by atoms with E-state index in [0.717, 1.165) is 0 Å². The third-order valence-electron chi connectivity index (χ3n) is 1.24. The fraction of sp³-hybridized carbons (Fsp3) is 0.250. The zero-order valence-corrected chi connectivity index (χ0v) is 5.20. The van der Waals surface area contributed by atoms with Crippen LogP contribution in [-0.4, -0.2) is 11.7 Å². The van der Waals surface area contributed by atoms with Gasteiger partial charge in [-0.2, -0.15) is 0 Å². The Kier molecular flexibility index (Phi) is 2.28. The van der Waals surface area contributed by atoms with Crippen LogP contribution >= 0.6 is 0 Å². The molecule has 0 bridgehead atoms. The summed E-state index contributed by atoms with van der Waals surface area (Å²) in [5.74, 6) is 0.414. The van der Waals surface area contributed by atoms with Gasteiger partial charge in [0.1, 0.15) is 0 Å². The van der Waals surface area contributed by atoms with Crippen LogP contribution in [0.1, 0.15) is 0 Å². The highest BCUT2D eigenvalue weighted by Gasteiger charge is 1.95. The van der Waals surface area contributed by atoms with E-state index < -0.39 is 0 Å². The van der Waals surface area contributed by atoms with Crippen molar-refractivity contribution in [2.24, 2.45) is 5.92 Å². The zero-order valence-electron chi connectivity index (χ0n) is 5.20. The van der Waals surface area contributed by atoms with Gasteiger partial charge < -0.3 is 5.11 Å². The number of aliphatic hydroxyl groups excluding tert-OH is 1. The van der Waals surface area contributed by atoms with Crippen molar-refractivity contribution >= 4 is 0 Å². The highest BCUT2D eigenvalue weighted by molar-refractivity contribution is 5.22. The van der Waals surface area contributed by atoms with Crippen LogP contribution in [0.4, 0.5) is 0 Å². The first-order valence-electron chi connectivity index (χ1n) is 3.06. The van der Waals surface area contributed by atoms with Crippen LogP contribution in [0.15, 0.2) is 36.5 Å². The molecule has 1 nitrogen and oxygen atoms in total. The van der Waals surface area contributed by atoms with E-state index in [1.54, 1.807) is 6.08 Å². The van der Waals surface area contributed by atoms with E-state index >= 15 is 0 Å². The summed E-state index contributed by atoms with van der Waals surface area (Å²) < 4.78 is 0. The molecule has 48 valence electrons. The molecule has 1 aliphatic carbocycles. The standard InChI is InChI=1S/C8H10O/c9-7-3-6-8-4-1-2-5-8/h1-6,8-9H,7H2. The molecule has 0 aliphatic heterocycles. The van der Waals surface area contributed by atoms with Gasteiger partial charge in [0.25, 0.3) is 0 Å². The molecule has 0 spiro atoms. The molecule has 0 saturated heterocycles. The number of hydrogen-bond donors (Lipinski definition) is 1. The average Bonchev–Trinajstić information content (AvgIpc) is 2.34. The molecule has 0 unspecified atom stereocenters. The van der Waals surface area contributed by atoms with Crippen LogP contribution in [-0.2, 0) is 0 Å². The fourth-order valence-electron chi connectivity index (χ4n) is 0.795. The van der Waals surface area contributed by atoms with Crippen molar-refractivity contribution in [3.8, 4) is 0 Å². The minimum absolute atomic E-state index is 0.137. The summed E-state index contributed by atoms with van der Waals surface area (Å²) >= 11 is 0. The van der Waals surface area contributed by atoms with Crippen LogP contribution in [0.25, 0.3) is 0 Å². The Morgan fingerprint density at radius 1 is 1.33 bits per heavy atom. The smallest absolute Gasteiger partial charge is 0.0612 e. The Morgan fingerprint density at radius 2 is 2.00 bits per heavy atom. The fourth-order valence-corrected chi connectivity index (χ4v) is 0.795. The zero-order chi connectivity index (χ0) is 6.53. The molecule has 1 heteroatoms. The topological polar surface area (TPSA) is 20.2 Å². The second kappa shape index (κ2) is 3.25. The van der Waals surface area contributed by atoms with E-state index in [2.05, 4.69) is 12.2 Å². The van der Waals surface area contributed by atoms with Gasteiger partial charge in [-0.05, 0) is 0 Å². The summed E-state index contributed by atoms with van der Waals surface area (Å²) in [5.41, 5.74) is 0. The molecule has 0 heterocycles. The van der Waals surface area contributed by atoms with Crippen LogP contribution in [0.2, 0.25) is 0 Å². The van der Waals surface area contributed by atoms with Gasteiger partial charge in [0, 0.05) is 5.92 Å². The van der Waals surface area contributed by atoms with Crippen molar-refractivity contribution in [3.05, 3.63) is 36.5 Å². The van der Waals surface area contributed by atoms with Gasteiger partial charge in [-0.25, -0.2) is 0 Å². The number of rotatable bonds is 2. The molecule has 1 N–H and O–H groups in total. The third kappa shape index (κ3) is 1.86. The maximum Gasteiger partial charge on any atom is 0.0612 e. The first-order valence-corrected chi connectivity index (χ1v) is 3.06. The maximum absolute atomic E-state index is 8.39. The maximum atomic E-state index is 8.39. The van der Waals surface area contributed by atoms with Crippen molar-refractivity contribution in [3.63, 3.8) is 0 Å². The monoisotopic (exact) mass is 122 g/mol. The van der Waals surface area contributed by atoms with Crippen LogP contribution in [0, 0.1) is 5.92 Å². The highest BCUT2D eigenvalue weighted by atomic mass is 16.2. The van der Waals surface area contributed by atoms with Gasteiger partial charge in [-0.1, -0.05) is 36.5 Å². The minimum atomic E-state index is 0.137. The van der Waals surface area contributed by atoms with Gasteiger partial charge in [0.15, 0.2) is 0 Å². The van der Waals surface area contributed by atoms with E-state index in [1.165, 1.54) is 0 Å². The molecule has 0 radical (unpaired) electrons. The lowest BCUT2D eigenvalue weighted by atomic mass is 10.1. The first kappa shape index (κ1) is 6.30. The number of aliphatic hydroxyl groups is 1. The molecule has 1 rings (SSSR count). The summed E-state index contributed by atoms with van der Waals surface area (Å²) in [5, 5.41) is 8.39. The van der Waals surface area contributed by atoms with Crippen LogP contribution in [0.3, 0.4) is 0 Å². The summed E-state index contributed by atoms with van der Waals surface area (Å²) in [6, 6.07) is 0. The molecule has 0 atom stereocenters. The van der Waals surface area contributed by atoms with E-state index in [4.69, 9.17) is 5.11 Å². The molecule has 0 fully saturated rings. The van der Waals surface area contributed by atoms with E-state index in [-0.39, 0.29) is 6.61 Å². The molecule has 0 aromatic heterocycles. The van der Waals surface area contributed by atoms with Gasteiger partial charge in [-0.3, -0.25) is 0 Å². The predicted molar refractivity (Wildman–Crippen MR) is 38.0 cm³/mol. The molecule has 0 aromatic carbocycles. The van der Waals surface area contributed by atoms with Crippen molar-refractivity contribution in [2.45, 2.75) is 0 Å². The minimum Gasteiger partial charge on any atom is -0.392 e. The summed E-state index contributed by atoms with van der Waals surface area (Å²) in [4.78, 5) is 0. The van der Waals surface area contributed by atoms with Crippen molar-refractivity contribution < 1.29 is 5.11 Å². The largest absolute Gasteiger partial charge is 0.392 e. The van der Waals surface area contributed by atoms with Gasteiger partial charge in [0.05, 0.1) is 6.61 Å². The summed E-state index contributed by atoms with van der Waals surface area (Å²) in [6.07, 6.45) is 11.9. The van der Waals surface area contributed by atoms with E-state index in [0.29, 0.717) is 5.92 Å². The molecule has 9 heavy (non-hydrogen) atoms. The lowest BCUT2D eigenvalue weighted by Gasteiger charge is -1.91. The Morgan fingerprint density at radius 3 is 2.56 bits per heavy atom. The van der Waals surface area contributed by atoms with Crippen LogP contribution < -0.4 is 0 Å². The Labute approximate surface area is 55.0 Å². The quantitative estimate of drug-likeness (QED) is 0.547. The second-order valence-electron chi connectivity index (χ2n) is 1.96. The predicted octanol–water partition coefficient (Wildman–Crippen LogP) is 1.28. The number of allylic oxidation sites excluding steroid dienone is 5. The lowest BCUT2D eigenvalue weighted by molar-refractivity contribution is 0.342. The molecule has 0 aromatic rings. The van der Waals surface area contributed by atoms with Gasteiger partial charge in [-0.15, -0.1) is 0 Å². The summed E-state index contributed by atoms with van der Waals surface area (Å²) in [6.45, 7) is 0.137. The van der Waals surface area contributed by atoms with E-state index in [1.807, 2.05) is 18.2 Å². The van der Waals surface area contributed by atoms with Crippen molar-refractivity contribution in [1.82, 2.24) is 0 Å². The van der Waals surface area contributed by atoms with Gasteiger partial charge >= 0.3 is 0 Å². The second-order valence-corrected chi connectivity index (χ2v) is 1.96. The SMILES string of the molecule is OCC=CC1C=CC=C1. The molecular weight excluding hydrogens is 112 g/mol.